The molecule has 1 fully saturated rings. The van der Waals surface area contributed by atoms with Crippen LogP contribution in [0.4, 0.5) is 17.3 Å². The molecular formula is C15H19N5O. The van der Waals surface area contributed by atoms with E-state index in [0.717, 1.165) is 38.5 Å². The lowest BCUT2D eigenvalue weighted by molar-refractivity contribution is 0.389. The average Bonchev–Trinajstić information content (AvgIpc) is 2.82. The van der Waals surface area contributed by atoms with E-state index in [1.54, 1.807) is 12.4 Å². The number of anilines is 3. The molecule has 0 radical (unpaired) electrons. The number of benzene rings is 1. The highest BCUT2D eigenvalue weighted by atomic mass is 16.5. The van der Waals surface area contributed by atoms with Crippen LogP contribution in [0, 0.1) is 0 Å². The van der Waals surface area contributed by atoms with Crippen molar-refractivity contribution in [2.45, 2.75) is 6.42 Å². The van der Waals surface area contributed by atoms with Crippen molar-refractivity contribution in [2.75, 3.05) is 41.5 Å². The number of rotatable bonds is 3. The molecule has 6 nitrogen and oxygen atoms in total. The molecule has 1 saturated heterocycles. The molecule has 110 valence electrons. The van der Waals surface area contributed by atoms with Gasteiger partial charge in [-0.25, -0.2) is 9.97 Å². The molecule has 1 aliphatic heterocycles. The number of aromatic nitrogens is 2. The summed E-state index contributed by atoms with van der Waals surface area (Å²) in [5.74, 6) is 0.805. The highest BCUT2D eigenvalue weighted by Crippen LogP contribution is 2.20. The second kappa shape index (κ2) is 6.41. The Morgan fingerprint density at radius 3 is 2.29 bits per heavy atom. The lowest BCUT2D eigenvalue weighted by atomic mass is 10.2. The van der Waals surface area contributed by atoms with Gasteiger partial charge in [0.25, 0.3) is 0 Å². The van der Waals surface area contributed by atoms with Crippen LogP contribution in [0.5, 0.6) is 0 Å². The minimum Gasteiger partial charge on any atom is -0.370 e. The predicted molar refractivity (Wildman–Crippen MR) is 82.9 cm³/mol. The molecule has 0 saturated carbocycles. The van der Waals surface area contributed by atoms with E-state index < -0.39 is 0 Å². The van der Waals surface area contributed by atoms with Crippen LogP contribution >= 0.6 is 0 Å². The van der Waals surface area contributed by atoms with Gasteiger partial charge in [0.15, 0.2) is 0 Å². The van der Waals surface area contributed by atoms with E-state index in [1.807, 2.05) is 30.3 Å². The summed E-state index contributed by atoms with van der Waals surface area (Å²) in [6, 6.07) is 9.63. The minimum absolute atomic E-state index is 0.702. The first-order valence-corrected chi connectivity index (χ1v) is 7.14. The van der Waals surface area contributed by atoms with E-state index in [1.165, 1.54) is 5.69 Å². The summed E-state index contributed by atoms with van der Waals surface area (Å²) in [6.07, 6.45) is 4.63. The standard InChI is InChI=1S/C15H19N5O/c21-18-13-3-5-14(6-4-13)19-9-2-10-20(12-11-19)15-16-7-1-8-17-15/h1,3-8,18,21H,2,9-12H2. The zero-order chi connectivity index (χ0) is 14.5. The van der Waals surface area contributed by atoms with Crippen molar-refractivity contribution in [3.63, 3.8) is 0 Å². The van der Waals surface area contributed by atoms with Crippen molar-refractivity contribution in [1.82, 2.24) is 9.97 Å². The van der Waals surface area contributed by atoms with Gasteiger partial charge in [-0.15, -0.1) is 0 Å². The largest absolute Gasteiger partial charge is 0.370 e. The number of hydrogen-bond donors (Lipinski definition) is 2. The van der Waals surface area contributed by atoms with Gasteiger partial charge in [0, 0.05) is 44.3 Å². The highest BCUT2D eigenvalue weighted by molar-refractivity contribution is 5.54. The third-order valence-corrected chi connectivity index (χ3v) is 3.69. The average molecular weight is 285 g/mol. The van der Waals surface area contributed by atoms with Gasteiger partial charge in [0.2, 0.25) is 5.95 Å². The van der Waals surface area contributed by atoms with Crippen molar-refractivity contribution in [2.24, 2.45) is 0 Å². The monoisotopic (exact) mass is 285 g/mol. The normalized spacial score (nSPS) is 15.7. The number of nitrogens with one attached hydrogen (secondary N) is 1. The van der Waals surface area contributed by atoms with Gasteiger partial charge in [-0.05, 0) is 36.8 Å². The molecule has 0 atom stereocenters. The maximum atomic E-state index is 8.86. The van der Waals surface area contributed by atoms with Gasteiger partial charge in [-0.3, -0.25) is 10.7 Å². The van der Waals surface area contributed by atoms with Crippen LogP contribution in [0.25, 0.3) is 0 Å². The van der Waals surface area contributed by atoms with E-state index >= 15 is 0 Å². The van der Waals surface area contributed by atoms with Crippen molar-refractivity contribution < 1.29 is 5.21 Å². The summed E-state index contributed by atoms with van der Waals surface area (Å²) in [5.41, 5.74) is 4.03. The molecular weight excluding hydrogens is 266 g/mol. The molecule has 0 spiro atoms. The summed E-state index contributed by atoms with van der Waals surface area (Å²) < 4.78 is 0. The fourth-order valence-electron chi connectivity index (χ4n) is 2.58. The summed E-state index contributed by atoms with van der Waals surface area (Å²) in [7, 11) is 0. The molecule has 21 heavy (non-hydrogen) atoms. The molecule has 2 heterocycles. The van der Waals surface area contributed by atoms with Crippen LogP contribution in [-0.4, -0.2) is 41.4 Å². The SMILES string of the molecule is ONc1ccc(N2CCCN(c3ncccn3)CC2)cc1. The molecule has 0 amide bonds. The molecule has 6 heteroatoms. The Bertz CT molecular complexity index is 560. The van der Waals surface area contributed by atoms with Crippen LogP contribution in [0.3, 0.4) is 0 Å². The molecule has 3 rings (SSSR count). The van der Waals surface area contributed by atoms with Crippen LogP contribution in [0.15, 0.2) is 42.7 Å². The fourth-order valence-corrected chi connectivity index (χ4v) is 2.58. The van der Waals surface area contributed by atoms with Crippen LogP contribution < -0.4 is 15.3 Å². The maximum Gasteiger partial charge on any atom is 0.225 e. The summed E-state index contributed by atoms with van der Waals surface area (Å²) >= 11 is 0. The van der Waals surface area contributed by atoms with Crippen LogP contribution in [-0.2, 0) is 0 Å². The first-order chi connectivity index (χ1) is 10.4. The Morgan fingerprint density at radius 1 is 0.905 bits per heavy atom. The van der Waals surface area contributed by atoms with Gasteiger partial charge in [0.05, 0.1) is 5.69 Å². The summed E-state index contributed by atoms with van der Waals surface area (Å²) in [4.78, 5) is 13.2. The molecule has 0 unspecified atom stereocenters. The second-order valence-corrected chi connectivity index (χ2v) is 5.04. The fraction of sp³-hybridized carbons (Fsp3) is 0.333. The van der Waals surface area contributed by atoms with Crippen LogP contribution in [0.1, 0.15) is 6.42 Å². The van der Waals surface area contributed by atoms with Crippen molar-refractivity contribution in [3.05, 3.63) is 42.7 Å². The second-order valence-electron chi connectivity index (χ2n) is 5.04. The Balaban J connectivity index is 1.67. The third-order valence-electron chi connectivity index (χ3n) is 3.69. The molecule has 1 aromatic heterocycles. The zero-order valence-corrected chi connectivity index (χ0v) is 11.8. The van der Waals surface area contributed by atoms with E-state index in [4.69, 9.17) is 5.21 Å². The Morgan fingerprint density at radius 2 is 1.57 bits per heavy atom. The van der Waals surface area contributed by atoms with E-state index in [0.29, 0.717) is 5.69 Å². The summed E-state index contributed by atoms with van der Waals surface area (Å²) in [6.45, 7) is 3.82. The Labute approximate surface area is 124 Å². The molecule has 1 aromatic carbocycles. The first kappa shape index (κ1) is 13.6. The topological polar surface area (TPSA) is 64.5 Å². The molecule has 1 aliphatic rings. The van der Waals surface area contributed by atoms with Gasteiger partial charge in [-0.1, -0.05) is 0 Å². The van der Waals surface area contributed by atoms with Gasteiger partial charge >= 0.3 is 0 Å². The van der Waals surface area contributed by atoms with Crippen LogP contribution in [0.2, 0.25) is 0 Å². The Kier molecular flexibility index (Phi) is 4.16. The lowest BCUT2D eigenvalue weighted by Crippen LogP contribution is -2.31. The Hall–Kier alpha value is -2.34. The van der Waals surface area contributed by atoms with Crippen molar-refractivity contribution >= 4 is 17.3 Å². The molecule has 0 aliphatic carbocycles. The number of nitrogens with zero attached hydrogens (tertiary/aromatic N) is 4. The quantitative estimate of drug-likeness (QED) is 0.841. The lowest BCUT2D eigenvalue weighted by Gasteiger charge is -2.23. The van der Waals surface area contributed by atoms with Gasteiger partial charge in [-0.2, -0.15) is 0 Å². The molecule has 2 N–H and O–H groups in total. The smallest absolute Gasteiger partial charge is 0.225 e. The van der Waals surface area contributed by atoms with Crippen molar-refractivity contribution in [3.8, 4) is 0 Å². The number of hydrogen-bond acceptors (Lipinski definition) is 6. The third kappa shape index (κ3) is 3.22. The minimum atomic E-state index is 0.702. The molecule has 0 bridgehead atoms. The van der Waals surface area contributed by atoms with Gasteiger partial charge < -0.3 is 9.80 Å². The van der Waals surface area contributed by atoms with E-state index in [9.17, 15) is 0 Å². The van der Waals surface area contributed by atoms with Gasteiger partial charge in [0.1, 0.15) is 0 Å². The summed E-state index contributed by atoms with van der Waals surface area (Å²) in [5, 5.41) is 8.86. The maximum absolute atomic E-state index is 8.86. The van der Waals surface area contributed by atoms with E-state index in [-0.39, 0.29) is 0 Å². The zero-order valence-electron chi connectivity index (χ0n) is 11.8. The first-order valence-electron chi connectivity index (χ1n) is 7.14. The predicted octanol–water partition coefficient (Wildman–Crippen LogP) is 1.99. The highest BCUT2D eigenvalue weighted by Gasteiger charge is 2.16. The van der Waals surface area contributed by atoms with Crippen molar-refractivity contribution in [1.29, 1.82) is 0 Å². The molecule has 2 aromatic rings. The van der Waals surface area contributed by atoms with E-state index in [2.05, 4.69) is 25.2 Å².